The molecule has 150 valence electrons. The Hall–Kier alpha value is -3.08. The molecule has 0 aliphatic carbocycles. The third-order valence-corrected chi connectivity index (χ3v) is 5.28. The predicted molar refractivity (Wildman–Crippen MR) is 121 cm³/mol. The highest BCUT2D eigenvalue weighted by Gasteiger charge is 2.10. The summed E-state index contributed by atoms with van der Waals surface area (Å²) < 4.78 is 0. The second-order valence-electron chi connectivity index (χ2n) is 7.50. The maximum Gasteiger partial charge on any atom is 0.224 e. The molecule has 1 saturated heterocycles. The van der Waals surface area contributed by atoms with E-state index in [4.69, 9.17) is 0 Å². The van der Waals surface area contributed by atoms with Gasteiger partial charge in [-0.1, -0.05) is 30.3 Å². The summed E-state index contributed by atoms with van der Waals surface area (Å²) in [6.45, 7) is 3.18. The largest absolute Gasteiger partial charge is 0.372 e. The molecule has 0 saturated carbocycles. The smallest absolute Gasteiger partial charge is 0.224 e. The van der Waals surface area contributed by atoms with Gasteiger partial charge in [-0.25, -0.2) is 4.98 Å². The second kappa shape index (κ2) is 9.92. The number of hydrogen-bond acceptors (Lipinski definition) is 5. The Morgan fingerprint density at radius 2 is 1.66 bits per heavy atom. The van der Waals surface area contributed by atoms with Crippen LogP contribution in [-0.2, 0) is 6.42 Å². The van der Waals surface area contributed by atoms with Gasteiger partial charge in [-0.05, 0) is 68.0 Å². The number of rotatable bonds is 8. The first-order valence-electron chi connectivity index (χ1n) is 10.6. The van der Waals surface area contributed by atoms with E-state index in [1.807, 2.05) is 6.07 Å². The van der Waals surface area contributed by atoms with Crippen molar-refractivity contribution in [2.24, 2.45) is 0 Å². The molecule has 1 aliphatic heterocycles. The molecule has 29 heavy (non-hydrogen) atoms. The van der Waals surface area contributed by atoms with Gasteiger partial charge in [-0.3, -0.25) is 0 Å². The molecule has 4 rings (SSSR count). The zero-order valence-corrected chi connectivity index (χ0v) is 16.8. The molecular weight excluding hydrogens is 358 g/mol. The van der Waals surface area contributed by atoms with Crippen molar-refractivity contribution in [3.05, 3.63) is 72.4 Å². The van der Waals surface area contributed by atoms with E-state index in [0.717, 1.165) is 44.0 Å². The van der Waals surface area contributed by atoms with Crippen molar-refractivity contribution in [1.82, 2.24) is 9.97 Å². The molecule has 5 heteroatoms. The number of anilines is 4. The van der Waals surface area contributed by atoms with Crippen LogP contribution in [-0.4, -0.2) is 29.6 Å². The van der Waals surface area contributed by atoms with E-state index in [2.05, 4.69) is 80.1 Å². The number of benzene rings is 2. The maximum absolute atomic E-state index is 4.58. The van der Waals surface area contributed by atoms with Crippen LogP contribution >= 0.6 is 0 Å². The Labute approximate surface area is 173 Å². The second-order valence-corrected chi connectivity index (χ2v) is 7.50. The maximum atomic E-state index is 4.58. The van der Waals surface area contributed by atoms with Crippen LogP contribution in [0.2, 0.25) is 0 Å². The fourth-order valence-corrected chi connectivity index (χ4v) is 3.71. The lowest BCUT2D eigenvalue weighted by molar-refractivity contribution is 0.578. The number of aromatic nitrogens is 2. The molecule has 0 atom stereocenters. The van der Waals surface area contributed by atoms with Crippen LogP contribution in [0, 0.1) is 0 Å². The van der Waals surface area contributed by atoms with E-state index in [1.54, 1.807) is 6.20 Å². The average molecular weight is 388 g/mol. The van der Waals surface area contributed by atoms with Crippen molar-refractivity contribution in [1.29, 1.82) is 0 Å². The van der Waals surface area contributed by atoms with Crippen LogP contribution in [0.3, 0.4) is 0 Å². The van der Waals surface area contributed by atoms with Gasteiger partial charge in [0.05, 0.1) is 0 Å². The highest BCUT2D eigenvalue weighted by molar-refractivity contribution is 5.61. The van der Waals surface area contributed by atoms with E-state index in [0.29, 0.717) is 5.95 Å². The number of aryl methyl sites for hydroxylation is 1. The van der Waals surface area contributed by atoms with Crippen LogP contribution in [0.1, 0.15) is 31.2 Å². The molecule has 0 bridgehead atoms. The first-order valence-corrected chi connectivity index (χ1v) is 10.6. The number of piperidine rings is 1. The molecule has 0 spiro atoms. The topological polar surface area (TPSA) is 53.1 Å². The average Bonchev–Trinajstić information content (AvgIpc) is 2.79. The Morgan fingerprint density at radius 3 is 2.45 bits per heavy atom. The molecule has 1 aromatic heterocycles. The summed E-state index contributed by atoms with van der Waals surface area (Å²) in [5.74, 6) is 1.46. The minimum Gasteiger partial charge on any atom is -0.372 e. The molecule has 0 unspecified atom stereocenters. The predicted octanol–water partition coefficient (Wildman–Crippen LogP) is 5.26. The van der Waals surface area contributed by atoms with E-state index in [-0.39, 0.29) is 0 Å². The third kappa shape index (κ3) is 5.70. The van der Waals surface area contributed by atoms with Crippen molar-refractivity contribution < 1.29 is 0 Å². The van der Waals surface area contributed by atoms with Crippen LogP contribution in [0.25, 0.3) is 0 Å². The Bertz CT molecular complexity index is 873. The molecule has 2 N–H and O–H groups in total. The molecule has 3 aromatic rings. The minimum atomic E-state index is 0.660. The zero-order valence-electron chi connectivity index (χ0n) is 16.8. The van der Waals surface area contributed by atoms with Gasteiger partial charge in [0.15, 0.2) is 0 Å². The molecule has 1 aliphatic rings. The fourth-order valence-electron chi connectivity index (χ4n) is 3.71. The summed E-state index contributed by atoms with van der Waals surface area (Å²) in [6.07, 6.45) is 7.83. The normalized spacial score (nSPS) is 13.9. The number of nitrogens with zero attached hydrogens (tertiary/aromatic N) is 3. The van der Waals surface area contributed by atoms with Crippen molar-refractivity contribution >= 4 is 23.1 Å². The number of hydrogen-bond donors (Lipinski definition) is 2. The highest BCUT2D eigenvalue weighted by Crippen LogP contribution is 2.23. The Balaban J connectivity index is 1.28. The monoisotopic (exact) mass is 387 g/mol. The SMILES string of the molecule is c1ccc(CCCNc2nccc(Nc3ccc(N4CCCCC4)cc3)n2)cc1. The molecule has 2 aromatic carbocycles. The minimum absolute atomic E-state index is 0.660. The van der Waals surface area contributed by atoms with Crippen molar-refractivity contribution in [3.8, 4) is 0 Å². The molecule has 1 fully saturated rings. The zero-order chi connectivity index (χ0) is 19.7. The lowest BCUT2D eigenvalue weighted by atomic mass is 10.1. The van der Waals surface area contributed by atoms with Gasteiger partial charge in [-0.15, -0.1) is 0 Å². The van der Waals surface area contributed by atoms with Gasteiger partial charge in [0, 0.05) is 37.2 Å². The summed E-state index contributed by atoms with van der Waals surface area (Å²) in [5, 5.41) is 6.71. The van der Waals surface area contributed by atoms with Crippen molar-refractivity contribution in [2.75, 3.05) is 35.2 Å². The first kappa shape index (κ1) is 19.2. The quantitative estimate of drug-likeness (QED) is 0.517. The van der Waals surface area contributed by atoms with Crippen molar-refractivity contribution in [2.45, 2.75) is 32.1 Å². The van der Waals surface area contributed by atoms with E-state index >= 15 is 0 Å². The van der Waals surface area contributed by atoms with Gasteiger partial charge in [-0.2, -0.15) is 4.98 Å². The van der Waals surface area contributed by atoms with Crippen LogP contribution in [0.5, 0.6) is 0 Å². The summed E-state index contributed by atoms with van der Waals surface area (Å²) in [4.78, 5) is 11.4. The van der Waals surface area contributed by atoms with Crippen LogP contribution in [0.4, 0.5) is 23.1 Å². The van der Waals surface area contributed by atoms with Gasteiger partial charge >= 0.3 is 0 Å². The third-order valence-electron chi connectivity index (χ3n) is 5.28. The Morgan fingerprint density at radius 1 is 0.862 bits per heavy atom. The van der Waals surface area contributed by atoms with Gasteiger partial charge in [0.25, 0.3) is 0 Å². The molecule has 5 nitrogen and oxygen atoms in total. The van der Waals surface area contributed by atoms with Crippen LogP contribution < -0.4 is 15.5 Å². The lowest BCUT2D eigenvalue weighted by Crippen LogP contribution is -2.29. The summed E-state index contributed by atoms with van der Waals surface area (Å²) in [6, 6.07) is 21.1. The summed E-state index contributed by atoms with van der Waals surface area (Å²) >= 11 is 0. The van der Waals surface area contributed by atoms with Gasteiger partial charge < -0.3 is 15.5 Å². The van der Waals surface area contributed by atoms with E-state index < -0.39 is 0 Å². The number of nitrogens with one attached hydrogen (secondary N) is 2. The molecule has 0 amide bonds. The summed E-state index contributed by atoms with van der Waals surface area (Å²) in [7, 11) is 0. The van der Waals surface area contributed by atoms with E-state index in [9.17, 15) is 0 Å². The van der Waals surface area contributed by atoms with Crippen molar-refractivity contribution in [3.63, 3.8) is 0 Å². The summed E-state index contributed by atoms with van der Waals surface area (Å²) in [5.41, 5.74) is 3.71. The van der Waals surface area contributed by atoms with Gasteiger partial charge in [0.2, 0.25) is 5.95 Å². The van der Waals surface area contributed by atoms with E-state index in [1.165, 1.54) is 30.5 Å². The lowest BCUT2D eigenvalue weighted by Gasteiger charge is -2.28. The first-order chi connectivity index (χ1) is 14.4. The molecular formula is C24H29N5. The Kier molecular flexibility index (Phi) is 6.58. The standard InChI is InChI=1S/C24H29N5/c1-3-8-20(9-4-1)10-7-16-25-24-26-17-15-23(28-24)27-21-11-13-22(14-12-21)29-18-5-2-6-19-29/h1,3-4,8-9,11-15,17H,2,5-7,10,16,18-19H2,(H2,25,26,27,28). The van der Waals surface area contributed by atoms with Crippen LogP contribution in [0.15, 0.2) is 66.9 Å². The van der Waals surface area contributed by atoms with Gasteiger partial charge in [0.1, 0.15) is 5.82 Å². The fraction of sp³-hybridized carbons (Fsp3) is 0.333. The molecule has 0 radical (unpaired) electrons. The highest BCUT2D eigenvalue weighted by atomic mass is 15.1. The molecule has 2 heterocycles.